The van der Waals surface area contributed by atoms with Gasteiger partial charge in [-0.25, -0.2) is 0 Å². The highest BCUT2D eigenvalue weighted by Crippen LogP contribution is 2.28. The lowest BCUT2D eigenvalue weighted by molar-refractivity contribution is 0.0926. The average Bonchev–Trinajstić information content (AvgIpc) is 3.21. The fraction of sp³-hybridized carbons (Fsp3) is 0.348. The number of amides is 1. The molecule has 0 spiro atoms. The number of anilines is 1. The molecule has 2 aromatic carbocycles. The van der Waals surface area contributed by atoms with Gasteiger partial charge in [0, 0.05) is 43.5 Å². The third kappa shape index (κ3) is 4.38. The van der Waals surface area contributed by atoms with Crippen molar-refractivity contribution in [3.05, 3.63) is 60.6 Å². The zero-order chi connectivity index (χ0) is 20.1. The van der Waals surface area contributed by atoms with Crippen LogP contribution in [0.15, 0.2) is 59.2 Å². The van der Waals surface area contributed by atoms with Gasteiger partial charge in [-0.05, 0) is 25.1 Å². The number of nitrogens with one attached hydrogen (secondary N) is 1. The summed E-state index contributed by atoms with van der Waals surface area (Å²) in [6, 6.07) is 15.9. The Morgan fingerprint density at radius 1 is 1.07 bits per heavy atom. The van der Waals surface area contributed by atoms with Crippen molar-refractivity contribution in [1.82, 2.24) is 10.2 Å². The van der Waals surface area contributed by atoms with E-state index in [9.17, 15) is 4.79 Å². The number of para-hydroxylation sites is 2. The van der Waals surface area contributed by atoms with Gasteiger partial charge in [-0.15, -0.1) is 0 Å². The normalized spacial score (nSPS) is 14.9. The Labute approximate surface area is 171 Å². The molecule has 6 nitrogen and oxygen atoms in total. The third-order valence-corrected chi connectivity index (χ3v) is 5.45. The summed E-state index contributed by atoms with van der Waals surface area (Å²) in [5.41, 5.74) is 1.16. The number of piperazine rings is 1. The van der Waals surface area contributed by atoms with Gasteiger partial charge in [-0.2, -0.15) is 0 Å². The number of ether oxygens (including phenoxy) is 1. The van der Waals surface area contributed by atoms with Crippen molar-refractivity contribution in [3.63, 3.8) is 0 Å². The first-order chi connectivity index (χ1) is 14.3. The van der Waals surface area contributed by atoms with Crippen molar-refractivity contribution in [2.75, 3.05) is 51.3 Å². The average molecular weight is 393 g/mol. The molecular weight excluding hydrogens is 366 g/mol. The van der Waals surface area contributed by atoms with E-state index in [1.807, 2.05) is 36.4 Å². The second-order valence-corrected chi connectivity index (χ2v) is 7.26. The number of carbonyl (C=O) groups is 1. The summed E-state index contributed by atoms with van der Waals surface area (Å²) in [6.07, 6.45) is 2.55. The molecule has 6 heteroatoms. The van der Waals surface area contributed by atoms with Crippen LogP contribution in [0.1, 0.15) is 17.0 Å². The van der Waals surface area contributed by atoms with Crippen molar-refractivity contribution >= 4 is 22.4 Å². The fourth-order valence-corrected chi connectivity index (χ4v) is 3.86. The van der Waals surface area contributed by atoms with E-state index in [1.165, 1.54) is 0 Å². The maximum atomic E-state index is 12.4. The van der Waals surface area contributed by atoms with Gasteiger partial charge in [-0.3, -0.25) is 9.69 Å². The lowest BCUT2D eigenvalue weighted by Crippen LogP contribution is -2.47. The molecule has 1 fully saturated rings. The van der Waals surface area contributed by atoms with Crippen LogP contribution in [-0.2, 0) is 0 Å². The Balaban J connectivity index is 1.21. The van der Waals surface area contributed by atoms with Gasteiger partial charge in [0.15, 0.2) is 5.76 Å². The predicted octanol–water partition coefficient (Wildman–Crippen LogP) is 3.38. The first-order valence-corrected chi connectivity index (χ1v) is 10.1. The Bertz CT molecular complexity index is 961. The maximum absolute atomic E-state index is 12.4. The number of fused-ring (bicyclic) bond motifs is 1. The smallest absolute Gasteiger partial charge is 0.287 e. The Kier molecular flexibility index (Phi) is 6.00. The zero-order valence-electron chi connectivity index (χ0n) is 16.8. The topological polar surface area (TPSA) is 58.0 Å². The molecule has 0 aliphatic carbocycles. The molecule has 0 saturated carbocycles. The summed E-state index contributed by atoms with van der Waals surface area (Å²) in [5, 5.41) is 4.79. The fourth-order valence-electron chi connectivity index (χ4n) is 3.86. The van der Waals surface area contributed by atoms with Crippen LogP contribution >= 0.6 is 0 Å². The van der Waals surface area contributed by atoms with Gasteiger partial charge in [0.05, 0.1) is 19.1 Å². The van der Waals surface area contributed by atoms with Crippen LogP contribution in [0, 0.1) is 0 Å². The molecule has 1 saturated heterocycles. The maximum Gasteiger partial charge on any atom is 0.287 e. The van der Waals surface area contributed by atoms with E-state index in [4.69, 9.17) is 9.15 Å². The summed E-state index contributed by atoms with van der Waals surface area (Å²) >= 11 is 0. The minimum Gasteiger partial charge on any atom is -0.495 e. The minimum atomic E-state index is -0.146. The van der Waals surface area contributed by atoms with E-state index in [-0.39, 0.29) is 5.91 Å². The number of hydrogen-bond donors (Lipinski definition) is 1. The molecule has 4 rings (SSSR count). The van der Waals surface area contributed by atoms with E-state index >= 15 is 0 Å². The van der Waals surface area contributed by atoms with E-state index < -0.39 is 0 Å². The van der Waals surface area contributed by atoms with Crippen molar-refractivity contribution in [2.24, 2.45) is 0 Å². The largest absolute Gasteiger partial charge is 0.495 e. The van der Waals surface area contributed by atoms with Gasteiger partial charge < -0.3 is 19.4 Å². The predicted molar refractivity (Wildman–Crippen MR) is 115 cm³/mol. The van der Waals surface area contributed by atoms with Crippen molar-refractivity contribution in [2.45, 2.75) is 6.42 Å². The molecule has 1 amide bonds. The molecule has 0 unspecified atom stereocenters. The van der Waals surface area contributed by atoms with Crippen LogP contribution in [0.3, 0.4) is 0 Å². The van der Waals surface area contributed by atoms with Gasteiger partial charge in [0.2, 0.25) is 0 Å². The van der Waals surface area contributed by atoms with Crippen LogP contribution in [0.4, 0.5) is 5.69 Å². The number of benzene rings is 2. The zero-order valence-corrected chi connectivity index (χ0v) is 16.8. The molecule has 0 radical (unpaired) electrons. The number of hydrogen-bond acceptors (Lipinski definition) is 5. The molecule has 2 heterocycles. The van der Waals surface area contributed by atoms with Crippen LogP contribution in [-0.4, -0.2) is 57.2 Å². The minimum absolute atomic E-state index is 0.146. The Hall–Kier alpha value is -2.99. The van der Waals surface area contributed by atoms with E-state index in [0.717, 1.165) is 61.4 Å². The number of methoxy groups -OCH3 is 1. The number of furan rings is 1. The third-order valence-electron chi connectivity index (χ3n) is 5.45. The Morgan fingerprint density at radius 3 is 2.66 bits per heavy atom. The second-order valence-electron chi connectivity index (χ2n) is 7.26. The molecule has 1 aromatic heterocycles. The molecule has 0 bridgehead atoms. The number of carbonyl (C=O) groups excluding carboxylic acids is 1. The lowest BCUT2D eigenvalue weighted by atomic mass is 10.2. The highest BCUT2D eigenvalue weighted by atomic mass is 16.5. The van der Waals surface area contributed by atoms with Crippen LogP contribution in [0.25, 0.3) is 10.8 Å². The molecule has 152 valence electrons. The highest BCUT2D eigenvalue weighted by Gasteiger charge is 2.19. The first kappa shape index (κ1) is 19.3. The molecule has 3 aromatic rings. The van der Waals surface area contributed by atoms with Crippen LogP contribution in [0.2, 0.25) is 0 Å². The van der Waals surface area contributed by atoms with Gasteiger partial charge in [0.1, 0.15) is 5.75 Å². The van der Waals surface area contributed by atoms with Gasteiger partial charge >= 0.3 is 0 Å². The van der Waals surface area contributed by atoms with Crippen LogP contribution < -0.4 is 15.0 Å². The monoisotopic (exact) mass is 393 g/mol. The van der Waals surface area contributed by atoms with E-state index in [0.29, 0.717) is 12.3 Å². The number of rotatable bonds is 7. The van der Waals surface area contributed by atoms with Crippen LogP contribution in [0.5, 0.6) is 5.75 Å². The van der Waals surface area contributed by atoms with Gasteiger partial charge in [0.25, 0.3) is 5.91 Å². The number of nitrogens with zero attached hydrogens (tertiary/aromatic N) is 2. The molecule has 1 aliphatic heterocycles. The van der Waals surface area contributed by atoms with E-state index in [2.05, 4.69) is 27.2 Å². The summed E-state index contributed by atoms with van der Waals surface area (Å²) in [7, 11) is 1.72. The molecule has 29 heavy (non-hydrogen) atoms. The molecule has 1 N–H and O–H groups in total. The SMILES string of the molecule is COc1ccccc1N1CCN(CCCNC(=O)c2occ3ccccc23)CC1. The quantitative estimate of drug-likeness (QED) is 0.624. The first-order valence-electron chi connectivity index (χ1n) is 10.1. The van der Waals surface area contributed by atoms with Gasteiger partial charge in [-0.1, -0.05) is 36.4 Å². The highest BCUT2D eigenvalue weighted by molar-refractivity contribution is 6.04. The summed E-state index contributed by atoms with van der Waals surface area (Å²) in [4.78, 5) is 17.2. The molecule has 1 aliphatic rings. The summed E-state index contributed by atoms with van der Waals surface area (Å²) < 4.78 is 10.9. The van der Waals surface area contributed by atoms with Crippen molar-refractivity contribution < 1.29 is 13.9 Å². The van der Waals surface area contributed by atoms with Crippen molar-refractivity contribution in [3.8, 4) is 5.75 Å². The Morgan fingerprint density at radius 2 is 1.83 bits per heavy atom. The van der Waals surface area contributed by atoms with E-state index in [1.54, 1.807) is 13.4 Å². The summed E-state index contributed by atoms with van der Waals surface area (Å²) in [6.45, 7) is 5.58. The molecule has 0 atom stereocenters. The second kappa shape index (κ2) is 9.01. The molecular formula is C23H27N3O3. The summed E-state index contributed by atoms with van der Waals surface area (Å²) in [5.74, 6) is 1.17. The van der Waals surface area contributed by atoms with Crippen molar-refractivity contribution in [1.29, 1.82) is 0 Å². The lowest BCUT2D eigenvalue weighted by Gasteiger charge is -2.36. The standard InChI is InChI=1S/C23H27N3O3/c1-28-21-10-5-4-9-20(21)26-15-13-25(14-16-26)12-6-11-24-23(27)22-19-8-3-2-7-18(19)17-29-22/h2-5,7-10,17H,6,11-16H2,1H3,(H,24,27).